The number of carboxylic acid groups (broad SMARTS) is 1. The van der Waals surface area contributed by atoms with E-state index in [0.29, 0.717) is 48.4 Å². The third kappa shape index (κ3) is 4.68. The lowest BCUT2D eigenvalue weighted by Gasteiger charge is -2.20. The van der Waals surface area contributed by atoms with Crippen LogP contribution in [0.4, 0.5) is 5.69 Å². The number of halogens is 2. The van der Waals surface area contributed by atoms with Gasteiger partial charge in [-0.3, -0.25) is 14.5 Å². The predicted octanol–water partition coefficient (Wildman–Crippen LogP) is 2.41. The highest BCUT2D eigenvalue weighted by atomic mass is 35.5. The number of carbonyl (C=O) groups is 2. The number of carbonyl (C=O) groups excluding carboxylic acids is 1. The molecule has 2 aliphatic rings. The van der Waals surface area contributed by atoms with E-state index in [2.05, 4.69) is 5.32 Å². The van der Waals surface area contributed by atoms with Gasteiger partial charge < -0.3 is 19.9 Å². The number of nitrogens with one attached hydrogen (secondary N) is 1. The van der Waals surface area contributed by atoms with Gasteiger partial charge in [0.05, 0.1) is 30.5 Å². The van der Waals surface area contributed by atoms with Crippen LogP contribution in [0.1, 0.15) is 19.3 Å². The Hall–Kier alpha value is -1.70. The minimum Gasteiger partial charge on any atom is -0.490 e. The molecule has 25 heavy (non-hydrogen) atoms. The average Bonchev–Trinajstić information content (AvgIpc) is 2.87. The van der Waals surface area contributed by atoms with E-state index in [-0.39, 0.29) is 24.9 Å². The Morgan fingerprint density at radius 1 is 1.24 bits per heavy atom. The van der Waals surface area contributed by atoms with Crippen LogP contribution in [0.5, 0.6) is 11.5 Å². The lowest BCUT2D eigenvalue weighted by molar-refractivity contribution is -0.142. The van der Waals surface area contributed by atoms with Gasteiger partial charge in [-0.05, 0) is 19.4 Å². The topological polar surface area (TPSA) is 88.1 Å². The van der Waals surface area contributed by atoms with E-state index in [9.17, 15) is 9.59 Å². The number of likely N-dealkylation sites (tertiary alicyclic amines) is 1. The fourth-order valence-electron chi connectivity index (χ4n) is 2.95. The first-order valence-corrected chi connectivity index (χ1v) is 8.28. The van der Waals surface area contributed by atoms with Crippen molar-refractivity contribution in [2.75, 3.05) is 31.6 Å². The second kappa shape index (κ2) is 8.60. The summed E-state index contributed by atoms with van der Waals surface area (Å²) in [7, 11) is 0. The summed E-state index contributed by atoms with van der Waals surface area (Å²) in [5, 5.41) is 12.2. The molecule has 0 aliphatic carbocycles. The van der Waals surface area contributed by atoms with Gasteiger partial charge in [0.1, 0.15) is 6.04 Å². The molecule has 138 valence electrons. The van der Waals surface area contributed by atoms with Crippen LogP contribution in [0.15, 0.2) is 12.1 Å². The maximum Gasteiger partial charge on any atom is 0.320 e. The fourth-order valence-corrected chi connectivity index (χ4v) is 3.15. The number of anilines is 1. The van der Waals surface area contributed by atoms with Crippen LogP contribution >= 0.6 is 24.0 Å². The van der Waals surface area contributed by atoms with Crippen molar-refractivity contribution >= 4 is 41.6 Å². The highest BCUT2D eigenvalue weighted by molar-refractivity contribution is 6.34. The number of carboxylic acids is 1. The Bertz CT molecular complexity index is 656. The van der Waals surface area contributed by atoms with Crippen LogP contribution in [0.25, 0.3) is 0 Å². The summed E-state index contributed by atoms with van der Waals surface area (Å²) in [5.74, 6) is -0.105. The van der Waals surface area contributed by atoms with Crippen molar-refractivity contribution < 1.29 is 24.2 Å². The number of rotatable bonds is 4. The molecule has 9 heteroatoms. The first-order chi connectivity index (χ1) is 11.5. The Morgan fingerprint density at radius 3 is 2.60 bits per heavy atom. The second-order valence-corrected chi connectivity index (χ2v) is 6.25. The van der Waals surface area contributed by atoms with Gasteiger partial charge in [-0.1, -0.05) is 11.6 Å². The summed E-state index contributed by atoms with van der Waals surface area (Å²) < 4.78 is 11.1. The largest absolute Gasteiger partial charge is 0.490 e. The van der Waals surface area contributed by atoms with Crippen molar-refractivity contribution in [2.24, 2.45) is 0 Å². The molecular weight excluding hydrogens is 371 g/mol. The van der Waals surface area contributed by atoms with Crippen LogP contribution in [-0.2, 0) is 9.59 Å². The predicted molar refractivity (Wildman–Crippen MR) is 95.2 cm³/mol. The second-order valence-electron chi connectivity index (χ2n) is 5.84. The van der Waals surface area contributed by atoms with Crippen LogP contribution in [-0.4, -0.2) is 54.2 Å². The highest BCUT2D eigenvalue weighted by Gasteiger charge is 2.31. The van der Waals surface area contributed by atoms with Crippen molar-refractivity contribution in [1.82, 2.24) is 4.90 Å². The minimum absolute atomic E-state index is 0. The van der Waals surface area contributed by atoms with Gasteiger partial charge in [0.15, 0.2) is 11.5 Å². The Balaban J connectivity index is 0.00000225. The van der Waals surface area contributed by atoms with Crippen LogP contribution < -0.4 is 14.8 Å². The van der Waals surface area contributed by atoms with E-state index in [0.717, 1.165) is 12.8 Å². The molecule has 2 aliphatic heterocycles. The Morgan fingerprint density at radius 2 is 1.92 bits per heavy atom. The van der Waals surface area contributed by atoms with Crippen molar-refractivity contribution in [2.45, 2.75) is 25.3 Å². The van der Waals surface area contributed by atoms with Gasteiger partial charge in [0.2, 0.25) is 5.91 Å². The van der Waals surface area contributed by atoms with E-state index >= 15 is 0 Å². The number of hydrogen-bond acceptors (Lipinski definition) is 5. The SMILES string of the molecule is Cl.O=C(CN1CCC[C@H]1C(=O)O)Nc1cc2c(cc1Cl)OCCCO2. The summed E-state index contributed by atoms with van der Waals surface area (Å²) in [6.07, 6.45) is 2.11. The molecule has 3 rings (SSSR count). The van der Waals surface area contributed by atoms with Crippen LogP contribution in [0.3, 0.4) is 0 Å². The Labute approximate surface area is 156 Å². The molecule has 1 saturated heterocycles. The summed E-state index contributed by atoms with van der Waals surface area (Å²) in [6.45, 7) is 1.71. The molecule has 0 saturated carbocycles. The van der Waals surface area contributed by atoms with E-state index in [1.54, 1.807) is 17.0 Å². The lowest BCUT2D eigenvalue weighted by Crippen LogP contribution is -2.40. The molecule has 2 heterocycles. The first kappa shape index (κ1) is 19.6. The molecule has 1 fully saturated rings. The highest BCUT2D eigenvalue weighted by Crippen LogP contribution is 2.37. The molecule has 2 N–H and O–H groups in total. The Kier molecular flexibility index (Phi) is 6.75. The van der Waals surface area contributed by atoms with E-state index in [1.165, 1.54) is 0 Å². The number of ether oxygens (including phenoxy) is 2. The van der Waals surface area contributed by atoms with Crippen molar-refractivity contribution in [1.29, 1.82) is 0 Å². The molecule has 1 aromatic rings. The standard InChI is InChI=1S/C16H19ClN2O5.ClH/c17-10-7-13-14(24-6-2-5-23-13)8-11(10)18-15(20)9-19-4-1-3-12(19)16(21)22;/h7-8,12H,1-6,9H2,(H,18,20)(H,21,22);1H/t12-;/m0./s1. The molecule has 0 radical (unpaired) electrons. The molecule has 7 nitrogen and oxygen atoms in total. The summed E-state index contributed by atoms with van der Waals surface area (Å²) in [5.41, 5.74) is 0.428. The van der Waals surface area contributed by atoms with E-state index in [1.807, 2.05) is 0 Å². The molecular formula is C16H20Cl2N2O5. The zero-order valence-corrected chi connectivity index (χ0v) is 15.1. The molecule has 0 bridgehead atoms. The number of nitrogens with zero attached hydrogens (tertiary/aromatic N) is 1. The maximum atomic E-state index is 12.2. The normalized spacial score (nSPS) is 19.6. The maximum absolute atomic E-state index is 12.2. The smallest absolute Gasteiger partial charge is 0.320 e. The number of amides is 1. The molecule has 1 amide bonds. The van der Waals surface area contributed by atoms with Crippen molar-refractivity contribution in [3.63, 3.8) is 0 Å². The molecule has 0 unspecified atom stereocenters. The van der Waals surface area contributed by atoms with Gasteiger partial charge in [0.25, 0.3) is 0 Å². The van der Waals surface area contributed by atoms with Gasteiger partial charge >= 0.3 is 5.97 Å². The van der Waals surface area contributed by atoms with Crippen LogP contribution in [0, 0.1) is 0 Å². The lowest BCUT2D eigenvalue weighted by atomic mass is 10.2. The monoisotopic (exact) mass is 390 g/mol. The van der Waals surface area contributed by atoms with E-state index in [4.69, 9.17) is 26.2 Å². The third-order valence-electron chi connectivity index (χ3n) is 4.11. The van der Waals surface area contributed by atoms with Gasteiger partial charge in [-0.2, -0.15) is 0 Å². The number of fused-ring (bicyclic) bond motifs is 1. The molecule has 0 spiro atoms. The third-order valence-corrected chi connectivity index (χ3v) is 4.42. The minimum atomic E-state index is -0.895. The first-order valence-electron chi connectivity index (χ1n) is 7.90. The van der Waals surface area contributed by atoms with Crippen LogP contribution in [0.2, 0.25) is 5.02 Å². The average molecular weight is 391 g/mol. The summed E-state index contributed by atoms with van der Waals surface area (Å²) in [6, 6.07) is 2.66. The zero-order chi connectivity index (χ0) is 17.1. The van der Waals surface area contributed by atoms with Crippen molar-refractivity contribution in [3.8, 4) is 11.5 Å². The number of hydrogen-bond donors (Lipinski definition) is 2. The molecule has 0 aromatic heterocycles. The quantitative estimate of drug-likeness (QED) is 0.820. The molecule has 1 aromatic carbocycles. The fraction of sp³-hybridized carbons (Fsp3) is 0.500. The van der Waals surface area contributed by atoms with E-state index < -0.39 is 12.0 Å². The number of aliphatic carboxylic acids is 1. The van der Waals surface area contributed by atoms with Gasteiger partial charge in [0, 0.05) is 18.6 Å². The zero-order valence-electron chi connectivity index (χ0n) is 13.5. The van der Waals surface area contributed by atoms with Crippen molar-refractivity contribution in [3.05, 3.63) is 17.2 Å². The summed E-state index contributed by atoms with van der Waals surface area (Å²) >= 11 is 6.20. The molecule has 1 atom stereocenters. The van der Waals surface area contributed by atoms with Gasteiger partial charge in [-0.25, -0.2) is 0 Å². The van der Waals surface area contributed by atoms with Gasteiger partial charge in [-0.15, -0.1) is 12.4 Å². The number of benzene rings is 1. The summed E-state index contributed by atoms with van der Waals surface area (Å²) in [4.78, 5) is 25.1.